The average molecular weight is 404 g/mol. The number of benzene rings is 2. The zero-order chi connectivity index (χ0) is 20.3. The first-order chi connectivity index (χ1) is 13.3. The van der Waals surface area contributed by atoms with Crippen molar-refractivity contribution < 1.29 is 18.6 Å². The minimum atomic E-state index is -3.77. The van der Waals surface area contributed by atoms with Gasteiger partial charge in [-0.15, -0.1) is 0 Å². The van der Waals surface area contributed by atoms with Gasteiger partial charge >= 0.3 is 0 Å². The first-order valence-corrected chi connectivity index (χ1v) is 11.8. The summed E-state index contributed by atoms with van der Waals surface area (Å²) in [6, 6.07) is 14.7. The third-order valence-electron chi connectivity index (χ3n) is 5.87. The van der Waals surface area contributed by atoms with E-state index < -0.39 is 19.0 Å². The molecule has 1 N–H and O–H groups in total. The highest BCUT2D eigenvalue weighted by Crippen LogP contribution is 2.60. The normalized spacial score (nSPS) is 26.0. The lowest BCUT2D eigenvalue weighted by molar-refractivity contribution is 0.0425. The van der Waals surface area contributed by atoms with Gasteiger partial charge in [0.1, 0.15) is 5.82 Å². The van der Waals surface area contributed by atoms with Crippen LogP contribution in [-0.2, 0) is 9.09 Å². The van der Waals surface area contributed by atoms with E-state index in [1.807, 2.05) is 6.07 Å². The number of rotatable bonds is 6. The maximum absolute atomic E-state index is 14.4. The third-order valence-corrected chi connectivity index (χ3v) is 8.40. The molecule has 152 valence electrons. The zero-order valence-corrected chi connectivity index (χ0v) is 17.7. The van der Waals surface area contributed by atoms with E-state index in [9.17, 15) is 14.1 Å². The lowest BCUT2D eigenvalue weighted by atomic mass is 9.75. The minimum absolute atomic E-state index is 0.0136. The van der Waals surface area contributed by atoms with Crippen molar-refractivity contribution in [1.82, 2.24) is 0 Å². The molecule has 0 unspecified atom stereocenters. The molecule has 3 rings (SSSR count). The Hall–Kier alpha value is -1.48. The predicted octanol–water partition coefficient (Wildman–Crippen LogP) is 5.90. The Morgan fingerprint density at radius 1 is 1.07 bits per heavy atom. The molecule has 0 heterocycles. The molecule has 28 heavy (non-hydrogen) atoms. The Labute approximate surface area is 167 Å². The van der Waals surface area contributed by atoms with Crippen LogP contribution in [0, 0.1) is 23.6 Å². The highest BCUT2D eigenvalue weighted by atomic mass is 31.2. The maximum atomic E-state index is 14.4. The van der Waals surface area contributed by atoms with Gasteiger partial charge in [-0.3, -0.25) is 4.57 Å². The standard InChI is InChI=1S/C23H30FO3P/c1-16(2)19-14-13-17(3)15-22(19)27-28(26,18-9-5-4-6-10-18)23(25)20-11-7-8-12-21(20)24/h4-12,16-17,19,22-23,25H,13-15H2,1-3H3/t17-,19+,22+,23-,28-/m0/s1. The van der Waals surface area contributed by atoms with Crippen LogP contribution in [0.2, 0.25) is 0 Å². The van der Waals surface area contributed by atoms with E-state index in [0.717, 1.165) is 19.3 Å². The van der Waals surface area contributed by atoms with Crippen molar-refractivity contribution in [3.8, 4) is 0 Å². The second kappa shape index (κ2) is 8.90. The lowest BCUT2D eigenvalue weighted by Crippen LogP contribution is -2.35. The molecule has 0 amide bonds. The number of aliphatic hydroxyl groups excluding tert-OH is 1. The van der Waals surface area contributed by atoms with Gasteiger partial charge in [0.2, 0.25) is 0 Å². The summed E-state index contributed by atoms with van der Waals surface area (Å²) in [5, 5.41) is 11.5. The van der Waals surface area contributed by atoms with Crippen molar-refractivity contribution in [3.63, 3.8) is 0 Å². The van der Waals surface area contributed by atoms with Crippen LogP contribution in [-0.4, -0.2) is 11.2 Å². The first kappa shape index (κ1) is 21.2. The van der Waals surface area contributed by atoms with Crippen LogP contribution in [0.4, 0.5) is 4.39 Å². The quantitative estimate of drug-likeness (QED) is 0.610. The molecule has 0 radical (unpaired) electrons. The van der Waals surface area contributed by atoms with Gasteiger partial charge in [0.05, 0.1) is 6.10 Å². The monoisotopic (exact) mass is 404 g/mol. The van der Waals surface area contributed by atoms with Gasteiger partial charge in [-0.25, -0.2) is 4.39 Å². The fourth-order valence-electron chi connectivity index (χ4n) is 4.20. The molecule has 2 aromatic rings. The van der Waals surface area contributed by atoms with Crippen LogP contribution in [0.5, 0.6) is 0 Å². The second-order valence-corrected chi connectivity index (χ2v) is 10.7. The molecule has 0 saturated heterocycles. The van der Waals surface area contributed by atoms with Gasteiger partial charge in [0.15, 0.2) is 5.85 Å². The van der Waals surface area contributed by atoms with E-state index in [1.165, 1.54) is 12.1 Å². The fourth-order valence-corrected chi connectivity index (χ4v) is 6.53. The van der Waals surface area contributed by atoms with Crippen LogP contribution in [0.1, 0.15) is 51.4 Å². The maximum Gasteiger partial charge on any atom is 0.264 e. The molecular formula is C23H30FO3P. The fraction of sp³-hybridized carbons (Fsp3) is 0.478. The SMILES string of the molecule is CC(C)[C@H]1CC[C@H](C)C[C@H]1O[P@@](=O)(c1ccccc1)[C@H](O)c1ccccc1F. The van der Waals surface area contributed by atoms with Crippen LogP contribution in [0.25, 0.3) is 0 Å². The Bertz CT molecular complexity index is 824. The zero-order valence-electron chi connectivity index (χ0n) is 16.8. The molecule has 0 aromatic heterocycles. The molecule has 1 aliphatic carbocycles. The summed E-state index contributed by atoms with van der Waals surface area (Å²) in [4.78, 5) is 0. The average Bonchev–Trinajstić information content (AvgIpc) is 2.68. The second-order valence-electron chi connectivity index (χ2n) is 8.30. The summed E-state index contributed by atoms with van der Waals surface area (Å²) < 4.78 is 34.9. The molecule has 1 saturated carbocycles. The molecule has 0 aliphatic heterocycles. The molecule has 1 fully saturated rings. The Morgan fingerprint density at radius 2 is 1.71 bits per heavy atom. The molecule has 0 spiro atoms. The van der Waals surface area contributed by atoms with E-state index >= 15 is 0 Å². The smallest absolute Gasteiger partial charge is 0.264 e. The Balaban J connectivity index is 2.02. The van der Waals surface area contributed by atoms with Crippen LogP contribution in [0.15, 0.2) is 54.6 Å². The van der Waals surface area contributed by atoms with E-state index in [4.69, 9.17) is 4.52 Å². The van der Waals surface area contributed by atoms with Crippen molar-refractivity contribution in [3.05, 3.63) is 66.0 Å². The molecule has 3 nitrogen and oxygen atoms in total. The molecule has 0 bridgehead atoms. The number of aliphatic hydroxyl groups is 1. The largest absolute Gasteiger partial charge is 0.378 e. The van der Waals surface area contributed by atoms with Crippen molar-refractivity contribution in [2.75, 3.05) is 0 Å². The van der Waals surface area contributed by atoms with Gasteiger partial charge in [-0.2, -0.15) is 0 Å². The summed E-state index contributed by atoms with van der Waals surface area (Å²) >= 11 is 0. The van der Waals surface area contributed by atoms with Crippen molar-refractivity contribution in [1.29, 1.82) is 0 Å². The molecule has 1 aliphatic rings. The van der Waals surface area contributed by atoms with Crippen molar-refractivity contribution in [2.24, 2.45) is 17.8 Å². The van der Waals surface area contributed by atoms with Crippen molar-refractivity contribution in [2.45, 2.75) is 52.0 Å². The highest BCUT2D eigenvalue weighted by molar-refractivity contribution is 7.67. The lowest BCUT2D eigenvalue weighted by Gasteiger charge is -2.39. The van der Waals surface area contributed by atoms with Gasteiger partial charge in [0.25, 0.3) is 7.37 Å². The molecule has 2 aromatic carbocycles. The Kier molecular flexibility index (Phi) is 6.75. The minimum Gasteiger partial charge on any atom is -0.378 e. The van der Waals surface area contributed by atoms with Gasteiger partial charge < -0.3 is 9.63 Å². The number of halogens is 1. The summed E-state index contributed by atoms with van der Waals surface area (Å²) in [5.74, 6) is -1.00. The number of hydrogen-bond donors (Lipinski definition) is 1. The topological polar surface area (TPSA) is 46.5 Å². The summed E-state index contributed by atoms with van der Waals surface area (Å²) in [6.45, 7) is 6.48. The van der Waals surface area contributed by atoms with Gasteiger partial charge in [0, 0.05) is 10.9 Å². The van der Waals surface area contributed by atoms with E-state index in [2.05, 4.69) is 20.8 Å². The van der Waals surface area contributed by atoms with Crippen LogP contribution >= 0.6 is 7.37 Å². The first-order valence-electron chi connectivity index (χ1n) is 10.1. The third kappa shape index (κ3) is 4.40. The van der Waals surface area contributed by atoms with E-state index in [0.29, 0.717) is 17.1 Å². The number of hydrogen-bond acceptors (Lipinski definition) is 3. The predicted molar refractivity (Wildman–Crippen MR) is 111 cm³/mol. The highest BCUT2D eigenvalue weighted by Gasteiger charge is 2.43. The molecule has 5 heteroatoms. The van der Waals surface area contributed by atoms with Gasteiger partial charge in [-0.1, -0.05) is 63.6 Å². The molecule has 5 atom stereocenters. The molecular weight excluding hydrogens is 374 g/mol. The summed E-state index contributed by atoms with van der Waals surface area (Å²) in [7, 11) is -3.77. The van der Waals surface area contributed by atoms with Crippen LogP contribution in [0.3, 0.4) is 0 Å². The van der Waals surface area contributed by atoms with E-state index in [-0.39, 0.29) is 17.6 Å². The van der Waals surface area contributed by atoms with E-state index in [1.54, 1.807) is 36.4 Å². The summed E-state index contributed by atoms with van der Waals surface area (Å²) in [5.41, 5.74) is 0.0136. The van der Waals surface area contributed by atoms with Gasteiger partial charge in [-0.05, 0) is 48.8 Å². The Morgan fingerprint density at radius 3 is 2.36 bits per heavy atom. The van der Waals surface area contributed by atoms with Crippen molar-refractivity contribution >= 4 is 12.7 Å². The van der Waals surface area contributed by atoms with Crippen LogP contribution < -0.4 is 5.30 Å². The summed E-state index contributed by atoms with van der Waals surface area (Å²) in [6.07, 6.45) is 2.70.